The minimum Gasteiger partial charge on any atom is -0.481 e. The highest BCUT2D eigenvalue weighted by atomic mass is 16.4. The fourth-order valence-electron chi connectivity index (χ4n) is 2.19. The van der Waals surface area contributed by atoms with Gasteiger partial charge in [-0.2, -0.15) is 5.10 Å². The third kappa shape index (κ3) is 2.83. The van der Waals surface area contributed by atoms with Crippen LogP contribution >= 0.6 is 0 Å². The van der Waals surface area contributed by atoms with Crippen molar-refractivity contribution >= 4 is 11.9 Å². The van der Waals surface area contributed by atoms with Crippen LogP contribution in [0.3, 0.4) is 0 Å². The van der Waals surface area contributed by atoms with E-state index in [-0.39, 0.29) is 17.9 Å². The molecule has 1 amide bonds. The van der Waals surface area contributed by atoms with Gasteiger partial charge in [-0.15, -0.1) is 0 Å². The SMILES string of the molecule is O=C(NC1CCCC(C(=O)O)C1)c1cn[nH]c1. The van der Waals surface area contributed by atoms with Crippen LogP contribution in [0.25, 0.3) is 0 Å². The van der Waals surface area contributed by atoms with Gasteiger partial charge in [0.2, 0.25) is 0 Å². The minimum atomic E-state index is -0.771. The Bertz CT molecular complexity index is 402. The molecule has 1 fully saturated rings. The number of amides is 1. The van der Waals surface area contributed by atoms with Crippen LogP contribution in [0.5, 0.6) is 0 Å². The van der Waals surface area contributed by atoms with Crippen LogP contribution in [0.15, 0.2) is 12.4 Å². The molecule has 6 heteroatoms. The zero-order valence-electron chi connectivity index (χ0n) is 9.35. The molecule has 92 valence electrons. The summed E-state index contributed by atoms with van der Waals surface area (Å²) in [6.45, 7) is 0. The first kappa shape index (κ1) is 11.6. The summed E-state index contributed by atoms with van der Waals surface area (Å²) in [5, 5.41) is 18.1. The molecular weight excluding hydrogens is 222 g/mol. The van der Waals surface area contributed by atoms with Crippen LogP contribution in [0.1, 0.15) is 36.0 Å². The Morgan fingerprint density at radius 1 is 1.47 bits per heavy atom. The van der Waals surface area contributed by atoms with E-state index < -0.39 is 5.97 Å². The zero-order chi connectivity index (χ0) is 12.3. The summed E-state index contributed by atoms with van der Waals surface area (Å²) in [6.07, 6.45) is 5.87. The number of nitrogens with zero attached hydrogens (tertiary/aromatic N) is 1. The largest absolute Gasteiger partial charge is 0.481 e. The number of carboxylic acids is 1. The summed E-state index contributed by atoms with van der Waals surface area (Å²) in [4.78, 5) is 22.6. The van der Waals surface area contributed by atoms with E-state index >= 15 is 0 Å². The molecule has 1 aromatic heterocycles. The smallest absolute Gasteiger partial charge is 0.306 e. The second kappa shape index (κ2) is 4.99. The quantitative estimate of drug-likeness (QED) is 0.724. The lowest BCUT2D eigenvalue weighted by Crippen LogP contribution is -2.39. The van der Waals surface area contributed by atoms with Crippen molar-refractivity contribution in [2.45, 2.75) is 31.7 Å². The van der Waals surface area contributed by atoms with E-state index in [1.54, 1.807) is 0 Å². The molecule has 0 saturated heterocycles. The van der Waals surface area contributed by atoms with Gasteiger partial charge in [0, 0.05) is 12.2 Å². The van der Waals surface area contributed by atoms with E-state index in [9.17, 15) is 9.59 Å². The summed E-state index contributed by atoms with van der Waals surface area (Å²) < 4.78 is 0. The number of aliphatic carboxylic acids is 1. The lowest BCUT2D eigenvalue weighted by atomic mass is 9.86. The highest BCUT2D eigenvalue weighted by molar-refractivity contribution is 5.93. The fourth-order valence-corrected chi connectivity index (χ4v) is 2.19. The topological polar surface area (TPSA) is 95.1 Å². The molecule has 1 aromatic rings. The van der Waals surface area contributed by atoms with Gasteiger partial charge < -0.3 is 10.4 Å². The molecule has 2 atom stereocenters. The normalized spacial score (nSPS) is 24.2. The molecule has 0 aliphatic heterocycles. The van der Waals surface area contributed by atoms with Gasteiger partial charge in [0.15, 0.2) is 0 Å². The van der Waals surface area contributed by atoms with Crippen LogP contribution in [0.2, 0.25) is 0 Å². The molecular formula is C11H15N3O3. The van der Waals surface area contributed by atoms with Crippen molar-refractivity contribution in [3.8, 4) is 0 Å². The molecule has 0 aromatic carbocycles. The Labute approximate surface area is 98.4 Å². The van der Waals surface area contributed by atoms with Gasteiger partial charge in [-0.3, -0.25) is 14.7 Å². The van der Waals surface area contributed by atoms with Gasteiger partial charge in [-0.05, 0) is 19.3 Å². The maximum atomic E-state index is 11.7. The summed E-state index contributed by atoms with van der Waals surface area (Å²) in [5.41, 5.74) is 0.474. The highest BCUT2D eigenvalue weighted by Crippen LogP contribution is 2.24. The Kier molecular flexibility index (Phi) is 3.41. The molecule has 1 saturated carbocycles. The number of hydrogen-bond acceptors (Lipinski definition) is 3. The molecule has 2 unspecified atom stereocenters. The van der Waals surface area contributed by atoms with E-state index in [0.717, 1.165) is 12.8 Å². The first-order chi connectivity index (χ1) is 8.16. The molecule has 6 nitrogen and oxygen atoms in total. The average molecular weight is 237 g/mol. The van der Waals surface area contributed by atoms with E-state index in [1.807, 2.05) is 0 Å². The van der Waals surface area contributed by atoms with Crippen LogP contribution in [0.4, 0.5) is 0 Å². The van der Waals surface area contributed by atoms with E-state index in [2.05, 4.69) is 15.5 Å². The molecule has 0 spiro atoms. The number of nitrogens with one attached hydrogen (secondary N) is 2. The minimum absolute atomic E-state index is 0.0488. The number of carboxylic acid groups (broad SMARTS) is 1. The van der Waals surface area contributed by atoms with Crippen molar-refractivity contribution in [1.82, 2.24) is 15.5 Å². The third-order valence-corrected chi connectivity index (χ3v) is 3.12. The van der Waals surface area contributed by atoms with Crippen LogP contribution in [-0.4, -0.2) is 33.2 Å². The molecule has 1 aliphatic rings. The van der Waals surface area contributed by atoms with Crippen molar-refractivity contribution in [3.05, 3.63) is 18.0 Å². The number of carbonyl (C=O) groups excluding carboxylic acids is 1. The molecule has 1 aliphatic carbocycles. The van der Waals surface area contributed by atoms with Gasteiger partial charge in [0.25, 0.3) is 5.91 Å². The number of H-pyrrole nitrogens is 1. The third-order valence-electron chi connectivity index (χ3n) is 3.12. The molecule has 2 rings (SSSR count). The van der Waals surface area contributed by atoms with E-state index in [4.69, 9.17) is 5.11 Å². The Hall–Kier alpha value is -1.85. The van der Waals surface area contributed by atoms with Crippen molar-refractivity contribution in [2.75, 3.05) is 0 Å². The number of carbonyl (C=O) groups is 2. The highest BCUT2D eigenvalue weighted by Gasteiger charge is 2.28. The van der Waals surface area contributed by atoms with Gasteiger partial charge in [0.1, 0.15) is 0 Å². The number of hydrogen-bond donors (Lipinski definition) is 3. The van der Waals surface area contributed by atoms with E-state index in [1.165, 1.54) is 12.4 Å². The maximum Gasteiger partial charge on any atom is 0.306 e. The maximum absolute atomic E-state index is 11.7. The molecule has 0 radical (unpaired) electrons. The molecule has 3 N–H and O–H groups in total. The van der Waals surface area contributed by atoms with Crippen molar-refractivity contribution < 1.29 is 14.7 Å². The molecule has 17 heavy (non-hydrogen) atoms. The van der Waals surface area contributed by atoms with E-state index in [0.29, 0.717) is 18.4 Å². The summed E-state index contributed by atoms with van der Waals surface area (Å²) in [7, 11) is 0. The van der Waals surface area contributed by atoms with Crippen molar-refractivity contribution in [2.24, 2.45) is 5.92 Å². The average Bonchev–Trinajstić information content (AvgIpc) is 2.82. The first-order valence-corrected chi connectivity index (χ1v) is 5.69. The lowest BCUT2D eigenvalue weighted by molar-refractivity contribution is -0.143. The summed E-state index contributed by atoms with van der Waals surface area (Å²) in [6, 6.07) is -0.0488. The fraction of sp³-hybridized carbons (Fsp3) is 0.545. The predicted octanol–water partition coefficient (Wildman–Crippen LogP) is 0.783. The van der Waals surface area contributed by atoms with Crippen LogP contribution < -0.4 is 5.32 Å². The van der Waals surface area contributed by atoms with Crippen LogP contribution in [-0.2, 0) is 4.79 Å². The molecule has 1 heterocycles. The van der Waals surface area contributed by atoms with Gasteiger partial charge in [-0.1, -0.05) is 6.42 Å². The van der Waals surface area contributed by atoms with Gasteiger partial charge in [0.05, 0.1) is 17.7 Å². The first-order valence-electron chi connectivity index (χ1n) is 5.69. The number of aromatic amines is 1. The second-order valence-electron chi connectivity index (χ2n) is 4.36. The monoisotopic (exact) mass is 237 g/mol. The Balaban J connectivity index is 1.91. The summed E-state index contributed by atoms with van der Waals surface area (Å²) >= 11 is 0. The number of aromatic nitrogens is 2. The molecule has 0 bridgehead atoms. The van der Waals surface area contributed by atoms with Gasteiger partial charge >= 0.3 is 5.97 Å². The number of rotatable bonds is 3. The lowest BCUT2D eigenvalue weighted by Gasteiger charge is -2.27. The van der Waals surface area contributed by atoms with Crippen molar-refractivity contribution in [3.63, 3.8) is 0 Å². The predicted molar refractivity (Wildman–Crippen MR) is 59.4 cm³/mol. The Morgan fingerprint density at radius 3 is 2.94 bits per heavy atom. The second-order valence-corrected chi connectivity index (χ2v) is 4.36. The standard InChI is InChI=1S/C11H15N3O3/c15-10(8-5-12-13-6-8)14-9-3-1-2-7(4-9)11(16)17/h5-7,9H,1-4H2,(H,12,13)(H,14,15)(H,16,17). The van der Waals surface area contributed by atoms with Crippen molar-refractivity contribution in [1.29, 1.82) is 0 Å². The van der Waals surface area contributed by atoms with Gasteiger partial charge in [-0.25, -0.2) is 0 Å². The zero-order valence-corrected chi connectivity index (χ0v) is 9.35. The van der Waals surface area contributed by atoms with Crippen LogP contribution in [0, 0.1) is 5.92 Å². The Morgan fingerprint density at radius 2 is 2.29 bits per heavy atom. The summed E-state index contributed by atoms with van der Waals surface area (Å²) in [5.74, 6) is -1.31.